The van der Waals surface area contributed by atoms with Crippen LogP contribution in [0.5, 0.6) is 0 Å². The zero-order valence-electron chi connectivity index (χ0n) is 19.5. The molecular weight excluding hydrogens is 550 g/mol. The number of halogens is 1. The number of fused-ring (bicyclic) bond motifs is 1. The summed E-state index contributed by atoms with van der Waals surface area (Å²) in [6.07, 6.45) is 3.74. The van der Waals surface area contributed by atoms with E-state index >= 15 is 0 Å². The van der Waals surface area contributed by atoms with E-state index in [0.717, 1.165) is 40.4 Å². The third kappa shape index (κ3) is 5.32. The molecule has 0 N–H and O–H groups in total. The second-order valence-electron chi connectivity index (χ2n) is 9.29. The molecule has 1 aromatic heterocycles. The van der Waals surface area contributed by atoms with Gasteiger partial charge in [-0.1, -0.05) is 34.2 Å². The molecule has 1 amide bonds. The number of aromatic nitrogens is 1. The fraction of sp³-hybridized carbons (Fsp3) is 0.440. The second kappa shape index (κ2) is 10.3. The van der Waals surface area contributed by atoms with Crippen molar-refractivity contribution in [3.05, 3.63) is 52.5 Å². The Morgan fingerprint density at radius 3 is 2.71 bits per heavy atom. The van der Waals surface area contributed by atoms with Crippen LogP contribution < -0.4 is 4.90 Å². The number of hydrogen-bond donors (Lipinski definition) is 0. The molecule has 2 aliphatic rings. The maximum absolute atomic E-state index is 13.7. The number of carbonyl (C=O) groups excluding carboxylic acids is 1. The zero-order chi connectivity index (χ0) is 24.6. The molecule has 0 saturated carbocycles. The third-order valence-corrected chi connectivity index (χ3v) is 10.00. The Bertz CT molecular complexity index is 1320. The number of anilines is 1. The van der Waals surface area contributed by atoms with E-state index in [0.29, 0.717) is 42.9 Å². The molecule has 2 atom stereocenters. The Kier molecular flexibility index (Phi) is 7.28. The number of nitrogens with zero attached hydrogens (tertiary/aromatic N) is 3. The average Bonchev–Trinajstić information content (AvgIpc) is 3.51. The monoisotopic (exact) mass is 577 g/mol. The van der Waals surface area contributed by atoms with Crippen LogP contribution in [0.2, 0.25) is 0 Å². The molecule has 186 valence electrons. The van der Waals surface area contributed by atoms with Crippen LogP contribution in [0.4, 0.5) is 5.13 Å². The van der Waals surface area contributed by atoms with E-state index < -0.39 is 10.0 Å². The first-order valence-corrected chi connectivity index (χ1v) is 15.0. The highest BCUT2D eigenvalue weighted by molar-refractivity contribution is 9.10. The highest BCUT2D eigenvalue weighted by Crippen LogP contribution is 2.33. The number of amides is 1. The molecule has 5 rings (SSSR count). The summed E-state index contributed by atoms with van der Waals surface area (Å²) in [5.74, 6) is 0.134. The van der Waals surface area contributed by atoms with E-state index in [9.17, 15) is 13.2 Å². The highest BCUT2D eigenvalue weighted by Gasteiger charge is 2.30. The molecular formula is C25H28BrN3O4S2. The van der Waals surface area contributed by atoms with Crippen LogP contribution in [0.1, 0.15) is 43.0 Å². The van der Waals surface area contributed by atoms with Gasteiger partial charge in [-0.2, -0.15) is 4.31 Å². The van der Waals surface area contributed by atoms with E-state index in [1.54, 1.807) is 33.5 Å². The van der Waals surface area contributed by atoms with Crippen molar-refractivity contribution in [2.24, 2.45) is 5.92 Å². The van der Waals surface area contributed by atoms with Crippen LogP contribution >= 0.6 is 27.3 Å². The fourth-order valence-electron chi connectivity index (χ4n) is 4.68. The quantitative estimate of drug-likeness (QED) is 0.397. The molecule has 3 aromatic rings. The Morgan fingerprint density at radius 2 is 2.00 bits per heavy atom. The molecule has 2 fully saturated rings. The summed E-state index contributed by atoms with van der Waals surface area (Å²) in [5.41, 5.74) is 1.25. The summed E-state index contributed by atoms with van der Waals surface area (Å²) < 4.78 is 35.6. The van der Waals surface area contributed by atoms with Crippen molar-refractivity contribution in [2.45, 2.75) is 43.6 Å². The first kappa shape index (κ1) is 24.8. The van der Waals surface area contributed by atoms with Gasteiger partial charge in [0.2, 0.25) is 10.0 Å². The molecule has 3 heterocycles. The van der Waals surface area contributed by atoms with Gasteiger partial charge in [-0.15, -0.1) is 0 Å². The number of ether oxygens (including phenoxy) is 1. The fourth-order valence-corrected chi connectivity index (χ4v) is 7.80. The van der Waals surface area contributed by atoms with Crippen LogP contribution in [0.15, 0.2) is 51.8 Å². The molecule has 35 heavy (non-hydrogen) atoms. The average molecular weight is 579 g/mol. The number of rotatable bonds is 6. The first-order valence-electron chi connectivity index (χ1n) is 11.9. The Morgan fingerprint density at radius 1 is 1.20 bits per heavy atom. The normalized spacial score (nSPS) is 21.4. The standard InChI is InChI=1S/C25H28BrN3O4S2/c1-17-4-2-12-28(15-17)35(31,32)21-9-6-18(7-10-21)24(30)29(16-20-5-3-13-33-20)25-27-22-11-8-19(26)14-23(22)34-25/h6-11,14,17,20H,2-5,12-13,15-16H2,1H3. The van der Waals surface area contributed by atoms with Crippen molar-refractivity contribution in [2.75, 3.05) is 31.1 Å². The van der Waals surface area contributed by atoms with Crippen LogP contribution in [0.25, 0.3) is 10.2 Å². The zero-order valence-corrected chi connectivity index (χ0v) is 22.7. The van der Waals surface area contributed by atoms with Crippen LogP contribution in [0, 0.1) is 5.92 Å². The lowest BCUT2D eigenvalue weighted by Crippen LogP contribution is -2.39. The summed E-state index contributed by atoms with van der Waals surface area (Å²) in [5, 5.41) is 0.609. The van der Waals surface area contributed by atoms with Crippen molar-refractivity contribution in [1.82, 2.24) is 9.29 Å². The van der Waals surface area contributed by atoms with Crippen molar-refractivity contribution >= 4 is 58.5 Å². The van der Waals surface area contributed by atoms with E-state index in [1.165, 1.54) is 11.3 Å². The number of piperidine rings is 1. The second-order valence-corrected chi connectivity index (χ2v) is 13.2. The van der Waals surface area contributed by atoms with Crippen LogP contribution in [-0.2, 0) is 14.8 Å². The summed E-state index contributed by atoms with van der Waals surface area (Å²) >= 11 is 4.95. The molecule has 0 bridgehead atoms. The highest BCUT2D eigenvalue weighted by atomic mass is 79.9. The van der Waals surface area contributed by atoms with Crippen LogP contribution in [-0.4, -0.2) is 56.0 Å². The lowest BCUT2D eigenvalue weighted by molar-refractivity contribution is 0.0917. The molecule has 2 unspecified atom stereocenters. The van der Waals surface area contributed by atoms with Crippen LogP contribution in [0.3, 0.4) is 0 Å². The van der Waals surface area contributed by atoms with Crippen molar-refractivity contribution in [3.8, 4) is 0 Å². The van der Waals surface area contributed by atoms with Crippen molar-refractivity contribution in [3.63, 3.8) is 0 Å². The number of thiazole rings is 1. The molecule has 0 radical (unpaired) electrons. The van der Waals surface area contributed by atoms with Crippen molar-refractivity contribution < 1.29 is 17.9 Å². The van der Waals surface area contributed by atoms with Gasteiger partial charge in [0, 0.05) is 29.7 Å². The van der Waals surface area contributed by atoms with Gasteiger partial charge in [0.25, 0.3) is 5.91 Å². The lowest BCUT2D eigenvalue weighted by Gasteiger charge is -2.30. The minimum Gasteiger partial charge on any atom is -0.376 e. The van der Waals surface area contributed by atoms with Gasteiger partial charge in [0.05, 0.1) is 27.8 Å². The molecule has 0 aliphatic carbocycles. The molecule has 2 aromatic carbocycles. The third-order valence-electron chi connectivity index (χ3n) is 6.58. The van der Waals surface area contributed by atoms with E-state index in [2.05, 4.69) is 22.9 Å². The maximum Gasteiger partial charge on any atom is 0.260 e. The van der Waals surface area contributed by atoms with Gasteiger partial charge >= 0.3 is 0 Å². The van der Waals surface area contributed by atoms with E-state index in [1.807, 2.05) is 18.2 Å². The topological polar surface area (TPSA) is 79.8 Å². The largest absolute Gasteiger partial charge is 0.376 e. The Hall–Kier alpha value is -1.85. The number of benzene rings is 2. The predicted molar refractivity (Wildman–Crippen MR) is 142 cm³/mol. The molecule has 2 saturated heterocycles. The van der Waals surface area contributed by atoms with Gasteiger partial charge < -0.3 is 4.74 Å². The minimum absolute atomic E-state index is 0.0431. The number of sulfonamides is 1. The minimum atomic E-state index is -3.58. The number of hydrogen-bond acceptors (Lipinski definition) is 6. The van der Waals surface area contributed by atoms with E-state index in [-0.39, 0.29) is 16.9 Å². The predicted octanol–water partition coefficient (Wildman–Crippen LogP) is 5.31. The molecule has 2 aliphatic heterocycles. The smallest absolute Gasteiger partial charge is 0.260 e. The summed E-state index contributed by atoms with van der Waals surface area (Å²) in [4.78, 5) is 20.3. The van der Waals surface area contributed by atoms with Gasteiger partial charge in [0.1, 0.15) is 0 Å². The summed E-state index contributed by atoms with van der Waals surface area (Å²) in [6, 6.07) is 12.1. The Labute approximate surface area is 218 Å². The lowest BCUT2D eigenvalue weighted by atomic mass is 10.0. The molecule has 10 heteroatoms. The molecule has 0 spiro atoms. The van der Waals surface area contributed by atoms with Gasteiger partial charge in [-0.3, -0.25) is 9.69 Å². The van der Waals surface area contributed by atoms with Crippen molar-refractivity contribution in [1.29, 1.82) is 0 Å². The number of carbonyl (C=O) groups is 1. The summed E-state index contributed by atoms with van der Waals surface area (Å²) in [6.45, 7) is 4.25. The van der Waals surface area contributed by atoms with Gasteiger partial charge in [-0.25, -0.2) is 13.4 Å². The molecule has 7 nitrogen and oxygen atoms in total. The van der Waals surface area contributed by atoms with E-state index in [4.69, 9.17) is 9.72 Å². The summed E-state index contributed by atoms with van der Waals surface area (Å²) in [7, 11) is -3.58. The Balaban J connectivity index is 1.42. The SMILES string of the molecule is CC1CCCN(S(=O)(=O)c2ccc(C(=O)N(CC3CCCO3)c3nc4ccc(Br)cc4s3)cc2)C1. The maximum atomic E-state index is 13.7. The van der Waals surface area contributed by atoms with Gasteiger partial charge in [-0.05, 0) is 74.1 Å². The van der Waals surface area contributed by atoms with Gasteiger partial charge in [0.15, 0.2) is 5.13 Å². The first-order chi connectivity index (χ1) is 16.8.